The van der Waals surface area contributed by atoms with Gasteiger partial charge in [0.15, 0.2) is 0 Å². The van der Waals surface area contributed by atoms with E-state index >= 15 is 0 Å². The van der Waals surface area contributed by atoms with E-state index in [4.69, 9.17) is 0 Å². The Morgan fingerprint density at radius 3 is 2.76 bits per heavy atom. The lowest BCUT2D eigenvalue weighted by molar-refractivity contribution is 0.213. The zero-order chi connectivity index (χ0) is 12.1. The van der Waals surface area contributed by atoms with Gasteiger partial charge in [-0.1, -0.05) is 26.7 Å². The second-order valence-electron chi connectivity index (χ2n) is 5.64. The normalized spacial score (nSPS) is 20.6. The maximum Gasteiger partial charge on any atom is 0.0124 e. The molecule has 1 aliphatic carbocycles. The third kappa shape index (κ3) is 3.32. The van der Waals surface area contributed by atoms with E-state index in [0.29, 0.717) is 11.5 Å². The van der Waals surface area contributed by atoms with Gasteiger partial charge in [0.2, 0.25) is 0 Å². The van der Waals surface area contributed by atoms with Gasteiger partial charge in [0.1, 0.15) is 0 Å². The van der Waals surface area contributed by atoms with Crippen molar-refractivity contribution < 1.29 is 0 Å². The van der Waals surface area contributed by atoms with Crippen LogP contribution in [0.2, 0.25) is 0 Å². The summed E-state index contributed by atoms with van der Waals surface area (Å²) in [6, 6.07) is 2.97. The van der Waals surface area contributed by atoms with Crippen LogP contribution in [0.3, 0.4) is 0 Å². The summed E-state index contributed by atoms with van der Waals surface area (Å²) in [5.74, 6) is 0. The minimum Gasteiger partial charge on any atom is -0.314 e. The molecule has 0 aliphatic heterocycles. The summed E-state index contributed by atoms with van der Waals surface area (Å²) in [5.41, 5.74) is 2.06. The average molecular weight is 251 g/mol. The van der Waals surface area contributed by atoms with Crippen molar-refractivity contribution in [1.82, 2.24) is 5.32 Å². The van der Waals surface area contributed by atoms with Gasteiger partial charge in [-0.3, -0.25) is 0 Å². The van der Waals surface area contributed by atoms with Gasteiger partial charge >= 0.3 is 0 Å². The summed E-state index contributed by atoms with van der Waals surface area (Å²) in [6.45, 7) is 5.82. The molecule has 1 atom stereocenters. The van der Waals surface area contributed by atoms with E-state index < -0.39 is 0 Å². The molecule has 1 saturated carbocycles. The quantitative estimate of drug-likeness (QED) is 0.797. The van der Waals surface area contributed by atoms with Crippen LogP contribution in [-0.4, -0.2) is 12.6 Å². The van der Waals surface area contributed by atoms with E-state index in [1.54, 1.807) is 0 Å². The summed E-state index contributed by atoms with van der Waals surface area (Å²) >= 11 is 1.82. The molecule has 1 aliphatic rings. The molecule has 1 aromatic rings. The van der Waals surface area contributed by atoms with E-state index in [2.05, 4.69) is 36.0 Å². The van der Waals surface area contributed by atoms with Crippen LogP contribution in [0.1, 0.15) is 51.5 Å². The molecular formula is C15H25NS. The van der Waals surface area contributed by atoms with Crippen molar-refractivity contribution in [3.63, 3.8) is 0 Å². The van der Waals surface area contributed by atoms with E-state index in [9.17, 15) is 0 Å². The Hall–Kier alpha value is -0.340. The van der Waals surface area contributed by atoms with Crippen molar-refractivity contribution in [1.29, 1.82) is 0 Å². The molecule has 1 N–H and O–H groups in total. The van der Waals surface area contributed by atoms with Crippen LogP contribution in [0.15, 0.2) is 16.8 Å². The third-order valence-electron chi connectivity index (χ3n) is 4.34. The summed E-state index contributed by atoms with van der Waals surface area (Å²) in [4.78, 5) is 0. The highest BCUT2D eigenvalue weighted by atomic mass is 32.1. The monoisotopic (exact) mass is 251 g/mol. The Kier molecular flexibility index (Phi) is 4.63. The van der Waals surface area contributed by atoms with Gasteiger partial charge in [-0.05, 0) is 60.0 Å². The number of rotatable bonds is 6. The number of aryl methyl sites for hydroxylation is 1. The van der Waals surface area contributed by atoms with Crippen molar-refractivity contribution in [2.24, 2.45) is 5.41 Å². The summed E-state index contributed by atoms with van der Waals surface area (Å²) in [5, 5.41) is 8.21. The highest BCUT2D eigenvalue weighted by Crippen LogP contribution is 2.41. The SMILES string of the molecule is CCNC(CCc1ccsc1)C1(C)CCCC1. The minimum atomic E-state index is 0.548. The largest absolute Gasteiger partial charge is 0.314 e. The van der Waals surface area contributed by atoms with Crippen molar-refractivity contribution in [2.75, 3.05) is 6.54 Å². The van der Waals surface area contributed by atoms with Crippen LogP contribution < -0.4 is 5.32 Å². The van der Waals surface area contributed by atoms with Gasteiger partial charge in [0.25, 0.3) is 0 Å². The lowest BCUT2D eigenvalue weighted by Crippen LogP contribution is -2.42. The fourth-order valence-corrected chi connectivity index (χ4v) is 3.92. The van der Waals surface area contributed by atoms with Gasteiger partial charge in [-0.15, -0.1) is 0 Å². The molecule has 0 aromatic carbocycles. The first-order valence-electron chi connectivity index (χ1n) is 6.99. The molecule has 0 saturated heterocycles. The van der Waals surface area contributed by atoms with Gasteiger partial charge < -0.3 is 5.32 Å². The van der Waals surface area contributed by atoms with Gasteiger partial charge in [0, 0.05) is 6.04 Å². The Bertz CT molecular complexity index is 312. The molecule has 2 rings (SSSR count). The highest BCUT2D eigenvalue weighted by molar-refractivity contribution is 7.07. The summed E-state index contributed by atoms with van der Waals surface area (Å²) < 4.78 is 0. The molecule has 0 radical (unpaired) electrons. The molecular weight excluding hydrogens is 226 g/mol. The van der Waals surface area contributed by atoms with Crippen LogP contribution >= 0.6 is 11.3 Å². The fourth-order valence-electron chi connectivity index (χ4n) is 3.22. The maximum atomic E-state index is 3.73. The lowest BCUT2D eigenvalue weighted by Gasteiger charge is -2.35. The second-order valence-corrected chi connectivity index (χ2v) is 6.42. The van der Waals surface area contributed by atoms with E-state index in [0.717, 1.165) is 6.54 Å². The number of hydrogen-bond acceptors (Lipinski definition) is 2. The molecule has 2 heteroatoms. The van der Waals surface area contributed by atoms with Crippen LogP contribution in [0.5, 0.6) is 0 Å². The predicted molar refractivity (Wildman–Crippen MR) is 76.7 cm³/mol. The average Bonchev–Trinajstić information content (AvgIpc) is 2.96. The Morgan fingerprint density at radius 1 is 1.41 bits per heavy atom. The molecule has 1 unspecified atom stereocenters. The Balaban J connectivity index is 1.92. The van der Waals surface area contributed by atoms with E-state index in [-0.39, 0.29) is 0 Å². The topological polar surface area (TPSA) is 12.0 Å². The van der Waals surface area contributed by atoms with E-state index in [1.807, 2.05) is 11.3 Å². The first kappa shape index (κ1) is 13.1. The number of thiophene rings is 1. The fraction of sp³-hybridized carbons (Fsp3) is 0.733. The Morgan fingerprint density at radius 2 is 2.18 bits per heavy atom. The lowest BCUT2D eigenvalue weighted by atomic mass is 9.78. The minimum absolute atomic E-state index is 0.548. The molecule has 1 aromatic heterocycles. The molecule has 96 valence electrons. The first-order chi connectivity index (χ1) is 8.24. The molecule has 0 amide bonds. The zero-order valence-electron chi connectivity index (χ0n) is 11.2. The maximum absolute atomic E-state index is 3.73. The molecule has 0 spiro atoms. The van der Waals surface area contributed by atoms with Crippen molar-refractivity contribution in [3.05, 3.63) is 22.4 Å². The van der Waals surface area contributed by atoms with Gasteiger partial charge in [-0.25, -0.2) is 0 Å². The van der Waals surface area contributed by atoms with Crippen LogP contribution in [-0.2, 0) is 6.42 Å². The van der Waals surface area contributed by atoms with Crippen LogP contribution in [0.4, 0.5) is 0 Å². The summed E-state index contributed by atoms with van der Waals surface area (Å²) in [7, 11) is 0. The van der Waals surface area contributed by atoms with Gasteiger partial charge in [-0.2, -0.15) is 11.3 Å². The van der Waals surface area contributed by atoms with Crippen molar-refractivity contribution >= 4 is 11.3 Å². The highest BCUT2D eigenvalue weighted by Gasteiger charge is 2.35. The number of nitrogens with one attached hydrogen (secondary N) is 1. The summed E-state index contributed by atoms with van der Waals surface area (Å²) in [6.07, 6.45) is 8.20. The van der Waals surface area contributed by atoms with Crippen LogP contribution in [0, 0.1) is 5.41 Å². The van der Waals surface area contributed by atoms with Gasteiger partial charge in [0.05, 0.1) is 0 Å². The molecule has 1 nitrogen and oxygen atoms in total. The number of hydrogen-bond donors (Lipinski definition) is 1. The van der Waals surface area contributed by atoms with Crippen molar-refractivity contribution in [3.8, 4) is 0 Å². The molecule has 17 heavy (non-hydrogen) atoms. The molecule has 0 bridgehead atoms. The van der Waals surface area contributed by atoms with Crippen LogP contribution in [0.25, 0.3) is 0 Å². The second kappa shape index (κ2) is 6.01. The van der Waals surface area contributed by atoms with Crippen molar-refractivity contribution in [2.45, 2.75) is 58.4 Å². The zero-order valence-corrected chi connectivity index (χ0v) is 12.0. The predicted octanol–water partition coefficient (Wildman–Crippen LogP) is 4.24. The smallest absolute Gasteiger partial charge is 0.0124 e. The third-order valence-corrected chi connectivity index (χ3v) is 5.07. The molecule has 1 heterocycles. The standard InChI is InChI=1S/C15H25NS/c1-3-16-14(15(2)9-4-5-10-15)7-6-13-8-11-17-12-13/h8,11-12,14,16H,3-7,9-10H2,1-2H3. The van der Waals surface area contributed by atoms with E-state index in [1.165, 1.54) is 44.1 Å². The Labute approximate surface area is 110 Å². The molecule has 1 fully saturated rings. The first-order valence-corrected chi connectivity index (χ1v) is 7.93.